The monoisotopic (exact) mass is 540 g/mol. The van der Waals surface area contributed by atoms with Gasteiger partial charge in [-0.25, -0.2) is 14.5 Å². The van der Waals surface area contributed by atoms with Crippen LogP contribution in [0, 0.1) is 6.92 Å². The van der Waals surface area contributed by atoms with Gasteiger partial charge < -0.3 is 24.3 Å². The second kappa shape index (κ2) is 11.0. The van der Waals surface area contributed by atoms with Crippen molar-refractivity contribution in [1.82, 2.24) is 29.6 Å². The lowest BCUT2D eigenvalue weighted by Crippen LogP contribution is -2.47. The number of aromatic amines is 2. The first-order valence-electron chi connectivity index (χ1n) is 13.5. The van der Waals surface area contributed by atoms with E-state index in [2.05, 4.69) is 39.1 Å². The third-order valence-corrected chi connectivity index (χ3v) is 7.76. The molecule has 3 aromatic heterocycles. The number of aryl methyl sites for hydroxylation is 2. The number of nitrogens with zero attached hydrogens (tertiary/aromatic N) is 4. The van der Waals surface area contributed by atoms with Gasteiger partial charge in [-0.3, -0.25) is 4.79 Å². The van der Waals surface area contributed by atoms with E-state index in [1.807, 2.05) is 36.5 Å². The first kappa shape index (κ1) is 25.8. The molecule has 0 bridgehead atoms. The molecule has 40 heavy (non-hydrogen) atoms. The molecule has 1 aliphatic rings. The van der Waals surface area contributed by atoms with E-state index in [1.54, 1.807) is 29.1 Å². The second-order valence-electron chi connectivity index (χ2n) is 10.4. The number of ether oxygens (including phenoxy) is 2. The van der Waals surface area contributed by atoms with E-state index < -0.39 is 6.09 Å². The molecule has 0 saturated carbocycles. The normalized spacial score (nSPS) is 17.5. The largest absolute Gasteiger partial charge is 0.417 e. The van der Waals surface area contributed by atoms with Crippen LogP contribution < -0.4 is 10.3 Å². The van der Waals surface area contributed by atoms with Crippen molar-refractivity contribution in [2.24, 2.45) is 0 Å². The fourth-order valence-electron chi connectivity index (χ4n) is 5.88. The number of rotatable bonds is 7. The molecule has 10 heteroatoms. The highest BCUT2D eigenvalue weighted by Gasteiger charge is 2.34. The van der Waals surface area contributed by atoms with E-state index >= 15 is 0 Å². The summed E-state index contributed by atoms with van der Waals surface area (Å²) in [7, 11) is 1.65. The molecule has 2 aromatic carbocycles. The summed E-state index contributed by atoms with van der Waals surface area (Å²) >= 11 is 0. The minimum Gasteiger partial charge on any atom is -0.375 e. The van der Waals surface area contributed by atoms with Crippen LogP contribution in [0.2, 0.25) is 0 Å². The fourth-order valence-corrected chi connectivity index (χ4v) is 5.88. The lowest BCUT2D eigenvalue weighted by Gasteiger charge is -2.38. The molecule has 206 valence electrons. The average molecular weight is 541 g/mol. The Kier molecular flexibility index (Phi) is 7.08. The SMILES string of the molecule is COCn1cc2cc(CCC3CC(c4cc5ccccc5[nH]c4=O)CCN3C(=O)Oc3ncc[nH]3)cc(C)c2n1. The minimum absolute atomic E-state index is 0.0301. The number of methoxy groups -OCH3 is 1. The summed E-state index contributed by atoms with van der Waals surface area (Å²) in [5.74, 6) is 0.0301. The first-order valence-corrected chi connectivity index (χ1v) is 13.5. The fraction of sp³-hybridized carbons (Fsp3) is 0.333. The summed E-state index contributed by atoms with van der Waals surface area (Å²) in [5.41, 5.74) is 4.76. The Morgan fingerprint density at radius 2 is 2.05 bits per heavy atom. The van der Waals surface area contributed by atoms with E-state index in [0.29, 0.717) is 26.1 Å². The predicted octanol–water partition coefficient (Wildman–Crippen LogP) is 4.89. The number of hydrogen-bond donors (Lipinski definition) is 2. The van der Waals surface area contributed by atoms with Crippen molar-refractivity contribution in [1.29, 1.82) is 0 Å². The number of fused-ring (bicyclic) bond motifs is 2. The molecule has 2 N–H and O–H groups in total. The van der Waals surface area contributed by atoms with Crippen LogP contribution >= 0.6 is 0 Å². The highest BCUT2D eigenvalue weighted by atomic mass is 16.6. The smallest absolute Gasteiger partial charge is 0.375 e. The number of carbonyl (C=O) groups excluding carboxylic acids is 1. The van der Waals surface area contributed by atoms with E-state index in [9.17, 15) is 9.59 Å². The summed E-state index contributed by atoms with van der Waals surface area (Å²) in [6, 6.07) is 14.2. The molecule has 1 amide bonds. The van der Waals surface area contributed by atoms with Gasteiger partial charge in [-0.2, -0.15) is 5.10 Å². The molecule has 5 aromatic rings. The van der Waals surface area contributed by atoms with Crippen LogP contribution in [-0.4, -0.2) is 55.4 Å². The quantitative estimate of drug-likeness (QED) is 0.303. The lowest BCUT2D eigenvalue weighted by atomic mass is 9.83. The summed E-state index contributed by atoms with van der Waals surface area (Å²) in [6.07, 6.45) is 7.56. The van der Waals surface area contributed by atoms with E-state index in [-0.39, 0.29) is 23.5 Å². The molecule has 1 saturated heterocycles. The Morgan fingerprint density at radius 1 is 1.18 bits per heavy atom. The number of imidazole rings is 1. The molecule has 2 unspecified atom stereocenters. The maximum absolute atomic E-state index is 13.2. The zero-order valence-corrected chi connectivity index (χ0v) is 22.6. The van der Waals surface area contributed by atoms with Gasteiger partial charge in [0, 0.05) is 54.8 Å². The zero-order valence-electron chi connectivity index (χ0n) is 22.6. The van der Waals surface area contributed by atoms with Crippen LogP contribution in [0.1, 0.15) is 41.9 Å². The van der Waals surface area contributed by atoms with Gasteiger partial charge in [-0.05, 0) is 73.2 Å². The van der Waals surface area contributed by atoms with Crippen LogP contribution in [0.25, 0.3) is 21.8 Å². The third-order valence-electron chi connectivity index (χ3n) is 7.76. The molecule has 2 atom stereocenters. The van der Waals surface area contributed by atoms with Crippen molar-refractivity contribution in [3.63, 3.8) is 0 Å². The van der Waals surface area contributed by atoms with Crippen LogP contribution in [0.3, 0.4) is 0 Å². The number of H-pyrrole nitrogens is 2. The van der Waals surface area contributed by atoms with E-state index in [0.717, 1.165) is 45.8 Å². The Balaban J connectivity index is 1.26. The van der Waals surface area contributed by atoms with Gasteiger partial charge in [0.05, 0.1) is 5.52 Å². The van der Waals surface area contributed by atoms with Gasteiger partial charge in [0.1, 0.15) is 6.73 Å². The second-order valence-corrected chi connectivity index (χ2v) is 10.4. The van der Waals surface area contributed by atoms with Gasteiger partial charge in [0.25, 0.3) is 5.56 Å². The Bertz CT molecular complexity index is 1710. The van der Waals surface area contributed by atoms with Crippen LogP contribution in [0.4, 0.5) is 4.79 Å². The Morgan fingerprint density at radius 3 is 2.88 bits per heavy atom. The maximum atomic E-state index is 13.2. The number of pyridine rings is 1. The number of para-hydroxylation sites is 1. The van der Waals surface area contributed by atoms with Crippen molar-refractivity contribution in [2.45, 2.75) is 51.3 Å². The summed E-state index contributed by atoms with van der Waals surface area (Å²) in [6.45, 7) is 2.95. The molecular formula is C30H32N6O4. The molecule has 6 rings (SSSR count). The molecule has 0 aliphatic carbocycles. The lowest BCUT2D eigenvalue weighted by molar-refractivity contribution is 0.101. The van der Waals surface area contributed by atoms with Crippen molar-refractivity contribution < 1.29 is 14.3 Å². The number of nitrogens with one attached hydrogen (secondary N) is 2. The molecule has 0 radical (unpaired) electrons. The standard InChI is InChI=1S/C30H32N6O4/c1-19-13-20(14-23-17-35(18-39-2)34-27(19)23)7-8-24-15-21(9-12-36(24)30(38)40-29-31-10-11-32-29)25-16-22-5-3-4-6-26(22)33-28(25)37/h3-6,10-11,13-14,16-17,21,24H,7-9,12,15,18H2,1-2H3,(H,31,32)(H,33,37). The number of aromatic nitrogens is 5. The Hall–Kier alpha value is -4.44. The molecule has 10 nitrogen and oxygen atoms in total. The third kappa shape index (κ3) is 5.22. The van der Waals surface area contributed by atoms with E-state index in [4.69, 9.17) is 9.47 Å². The minimum atomic E-state index is -0.432. The van der Waals surface area contributed by atoms with Crippen LogP contribution in [-0.2, 0) is 17.9 Å². The van der Waals surface area contributed by atoms with Crippen molar-refractivity contribution in [3.05, 3.63) is 88.1 Å². The highest BCUT2D eigenvalue weighted by molar-refractivity contribution is 5.82. The Labute approximate surface area is 230 Å². The van der Waals surface area contributed by atoms with Crippen molar-refractivity contribution in [2.75, 3.05) is 13.7 Å². The first-order chi connectivity index (χ1) is 19.5. The number of benzene rings is 2. The molecular weight excluding hydrogens is 508 g/mol. The molecule has 4 heterocycles. The van der Waals surface area contributed by atoms with Crippen molar-refractivity contribution in [3.8, 4) is 6.01 Å². The van der Waals surface area contributed by atoms with Crippen LogP contribution in [0.15, 0.2) is 65.8 Å². The van der Waals surface area contributed by atoms with Gasteiger partial charge in [0.2, 0.25) is 0 Å². The zero-order chi connectivity index (χ0) is 27.6. The highest BCUT2D eigenvalue weighted by Crippen LogP contribution is 2.34. The maximum Gasteiger partial charge on any atom is 0.417 e. The van der Waals surface area contributed by atoms with E-state index in [1.165, 1.54) is 5.56 Å². The average Bonchev–Trinajstić information content (AvgIpc) is 3.61. The number of hydrogen-bond acceptors (Lipinski definition) is 6. The number of piperidine rings is 1. The molecule has 1 aliphatic heterocycles. The summed E-state index contributed by atoms with van der Waals surface area (Å²) < 4.78 is 12.5. The van der Waals surface area contributed by atoms with Gasteiger partial charge in [-0.1, -0.05) is 24.3 Å². The van der Waals surface area contributed by atoms with Gasteiger partial charge in [0.15, 0.2) is 0 Å². The molecule has 0 spiro atoms. The van der Waals surface area contributed by atoms with Crippen molar-refractivity contribution >= 4 is 27.9 Å². The number of amides is 1. The number of carbonyl (C=O) groups is 1. The summed E-state index contributed by atoms with van der Waals surface area (Å²) in [5, 5.41) is 6.68. The predicted molar refractivity (Wildman–Crippen MR) is 151 cm³/mol. The van der Waals surface area contributed by atoms with Gasteiger partial charge in [-0.15, -0.1) is 0 Å². The summed E-state index contributed by atoms with van der Waals surface area (Å²) in [4.78, 5) is 38.0. The van der Waals surface area contributed by atoms with Crippen LogP contribution in [0.5, 0.6) is 6.01 Å². The molecule has 1 fully saturated rings. The van der Waals surface area contributed by atoms with Gasteiger partial charge >= 0.3 is 12.1 Å². The topological polar surface area (TPSA) is 118 Å². The number of likely N-dealkylation sites (tertiary alicyclic amines) is 1.